The summed E-state index contributed by atoms with van der Waals surface area (Å²) in [5, 5.41) is 5.81. The molecule has 6 nitrogen and oxygen atoms in total. The van der Waals surface area contributed by atoms with E-state index in [1.165, 1.54) is 0 Å². The van der Waals surface area contributed by atoms with Gasteiger partial charge in [0.1, 0.15) is 6.54 Å². The van der Waals surface area contributed by atoms with Crippen molar-refractivity contribution in [1.29, 1.82) is 0 Å². The SMILES string of the molecule is C[C@H](C(=O)N1CC(=O)Nc2ccccc21)N(C)CCc1nccs1. The van der Waals surface area contributed by atoms with E-state index in [4.69, 9.17) is 0 Å². The zero-order valence-electron chi connectivity index (χ0n) is 13.7. The number of benzene rings is 1. The smallest absolute Gasteiger partial charge is 0.244 e. The molecule has 126 valence electrons. The first-order chi connectivity index (χ1) is 11.6. The van der Waals surface area contributed by atoms with E-state index < -0.39 is 0 Å². The van der Waals surface area contributed by atoms with Crippen molar-refractivity contribution in [3.05, 3.63) is 40.8 Å². The summed E-state index contributed by atoms with van der Waals surface area (Å²) in [4.78, 5) is 32.6. The Morgan fingerprint density at radius 1 is 1.46 bits per heavy atom. The second-order valence-corrected chi connectivity index (χ2v) is 6.80. The largest absolute Gasteiger partial charge is 0.323 e. The molecule has 1 aromatic carbocycles. The number of anilines is 2. The molecular formula is C17H20N4O2S. The molecule has 0 saturated carbocycles. The van der Waals surface area contributed by atoms with Crippen LogP contribution < -0.4 is 10.2 Å². The summed E-state index contributed by atoms with van der Waals surface area (Å²) in [7, 11) is 1.92. The molecule has 3 rings (SSSR count). The van der Waals surface area contributed by atoms with Crippen LogP contribution in [0.5, 0.6) is 0 Å². The van der Waals surface area contributed by atoms with Crippen LogP contribution in [0, 0.1) is 0 Å². The van der Waals surface area contributed by atoms with Gasteiger partial charge in [-0.3, -0.25) is 19.4 Å². The number of likely N-dealkylation sites (N-methyl/N-ethyl adjacent to an activating group) is 1. The second kappa shape index (κ2) is 7.11. The summed E-state index contributed by atoms with van der Waals surface area (Å²) in [6.45, 7) is 2.67. The summed E-state index contributed by atoms with van der Waals surface area (Å²) < 4.78 is 0. The van der Waals surface area contributed by atoms with Crippen molar-refractivity contribution in [2.75, 3.05) is 30.4 Å². The fourth-order valence-corrected chi connectivity index (χ4v) is 3.30. The van der Waals surface area contributed by atoms with Crippen LogP contribution in [0.15, 0.2) is 35.8 Å². The highest BCUT2D eigenvalue weighted by atomic mass is 32.1. The third-order valence-electron chi connectivity index (χ3n) is 4.22. The lowest BCUT2D eigenvalue weighted by atomic mass is 10.1. The number of hydrogen-bond acceptors (Lipinski definition) is 5. The normalized spacial score (nSPS) is 15.1. The van der Waals surface area contributed by atoms with Gasteiger partial charge in [-0.25, -0.2) is 4.98 Å². The van der Waals surface area contributed by atoms with Gasteiger partial charge in [0.25, 0.3) is 0 Å². The van der Waals surface area contributed by atoms with Crippen LogP contribution in [-0.4, -0.2) is 47.9 Å². The number of nitrogens with zero attached hydrogens (tertiary/aromatic N) is 3. The van der Waals surface area contributed by atoms with E-state index in [1.54, 1.807) is 22.4 Å². The van der Waals surface area contributed by atoms with Gasteiger partial charge in [-0.15, -0.1) is 11.3 Å². The molecule has 24 heavy (non-hydrogen) atoms. The predicted octanol–water partition coefficient (Wildman–Crippen LogP) is 1.99. The van der Waals surface area contributed by atoms with Crippen molar-refractivity contribution >= 4 is 34.5 Å². The molecule has 1 aliphatic rings. The van der Waals surface area contributed by atoms with Gasteiger partial charge in [0.05, 0.1) is 22.4 Å². The summed E-state index contributed by atoms with van der Waals surface area (Å²) in [5.74, 6) is -0.237. The van der Waals surface area contributed by atoms with Crippen LogP contribution >= 0.6 is 11.3 Å². The molecule has 0 saturated heterocycles. The van der Waals surface area contributed by atoms with Gasteiger partial charge in [-0.05, 0) is 26.1 Å². The predicted molar refractivity (Wildman–Crippen MR) is 95.3 cm³/mol. The van der Waals surface area contributed by atoms with Gasteiger partial charge in [-0.2, -0.15) is 0 Å². The Labute approximate surface area is 145 Å². The molecule has 0 bridgehead atoms. The minimum absolute atomic E-state index is 0.0561. The minimum Gasteiger partial charge on any atom is -0.323 e. The Balaban J connectivity index is 1.70. The number of amides is 2. The molecule has 0 aliphatic carbocycles. The lowest BCUT2D eigenvalue weighted by Crippen LogP contribution is -2.50. The van der Waals surface area contributed by atoms with Crippen LogP contribution in [0.1, 0.15) is 11.9 Å². The highest BCUT2D eigenvalue weighted by Gasteiger charge is 2.31. The summed E-state index contributed by atoms with van der Waals surface area (Å²) in [6, 6.07) is 7.06. The minimum atomic E-state index is -0.316. The molecule has 1 N–H and O–H groups in total. The maximum Gasteiger partial charge on any atom is 0.244 e. The van der Waals surface area contributed by atoms with Crippen molar-refractivity contribution in [3.8, 4) is 0 Å². The number of carbonyl (C=O) groups is 2. The number of rotatable bonds is 5. The maximum atomic E-state index is 12.9. The Kier molecular flexibility index (Phi) is 4.92. The quantitative estimate of drug-likeness (QED) is 0.901. The monoisotopic (exact) mass is 344 g/mol. The molecule has 2 aromatic rings. The number of aromatic nitrogens is 1. The first-order valence-corrected chi connectivity index (χ1v) is 8.73. The third kappa shape index (κ3) is 3.47. The first-order valence-electron chi connectivity index (χ1n) is 7.85. The average molecular weight is 344 g/mol. The standard InChI is InChI=1S/C17H20N4O2S/c1-12(20(2)9-7-16-18-8-10-24-16)17(23)21-11-15(22)19-13-5-3-4-6-14(13)21/h3-6,8,10,12H,7,9,11H2,1-2H3,(H,19,22)/t12-/m1/s1. The van der Waals surface area contributed by atoms with Crippen LogP contribution in [0.25, 0.3) is 0 Å². The number of nitrogens with one attached hydrogen (secondary N) is 1. The van der Waals surface area contributed by atoms with E-state index in [9.17, 15) is 9.59 Å². The summed E-state index contributed by atoms with van der Waals surface area (Å²) in [5.41, 5.74) is 1.43. The van der Waals surface area contributed by atoms with Crippen LogP contribution in [0.2, 0.25) is 0 Å². The van der Waals surface area contributed by atoms with Gasteiger partial charge >= 0.3 is 0 Å². The Bertz CT molecular complexity index is 732. The van der Waals surface area contributed by atoms with Gasteiger partial charge in [0.2, 0.25) is 11.8 Å². The molecule has 7 heteroatoms. The Hall–Kier alpha value is -2.25. The molecule has 1 atom stereocenters. The van der Waals surface area contributed by atoms with E-state index in [-0.39, 0.29) is 24.4 Å². The molecule has 0 spiro atoms. The third-order valence-corrected chi connectivity index (χ3v) is 5.06. The van der Waals surface area contributed by atoms with Crippen LogP contribution in [-0.2, 0) is 16.0 Å². The molecule has 1 aromatic heterocycles. The van der Waals surface area contributed by atoms with Crippen molar-refractivity contribution in [3.63, 3.8) is 0 Å². The van der Waals surface area contributed by atoms with E-state index in [2.05, 4.69) is 10.3 Å². The molecule has 2 heterocycles. The van der Waals surface area contributed by atoms with E-state index in [0.717, 1.165) is 23.7 Å². The molecule has 0 unspecified atom stereocenters. The van der Waals surface area contributed by atoms with E-state index in [1.807, 2.05) is 48.5 Å². The van der Waals surface area contributed by atoms with E-state index in [0.29, 0.717) is 5.69 Å². The number of carbonyl (C=O) groups excluding carboxylic acids is 2. The zero-order valence-corrected chi connectivity index (χ0v) is 14.5. The highest BCUT2D eigenvalue weighted by molar-refractivity contribution is 7.09. The topological polar surface area (TPSA) is 65.5 Å². The zero-order chi connectivity index (χ0) is 17.1. The number of fused-ring (bicyclic) bond motifs is 1. The van der Waals surface area contributed by atoms with Gasteiger partial charge in [0.15, 0.2) is 0 Å². The number of para-hydroxylation sites is 2. The van der Waals surface area contributed by atoms with E-state index >= 15 is 0 Å². The summed E-state index contributed by atoms with van der Waals surface area (Å²) in [6.07, 6.45) is 2.60. The Morgan fingerprint density at radius 3 is 3.00 bits per heavy atom. The lowest BCUT2D eigenvalue weighted by Gasteiger charge is -2.33. The Morgan fingerprint density at radius 2 is 2.25 bits per heavy atom. The average Bonchev–Trinajstić information content (AvgIpc) is 3.11. The van der Waals surface area contributed by atoms with Gasteiger partial charge in [-0.1, -0.05) is 12.1 Å². The number of hydrogen-bond donors (Lipinski definition) is 1. The highest BCUT2D eigenvalue weighted by Crippen LogP contribution is 2.29. The molecule has 0 radical (unpaired) electrons. The lowest BCUT2D eigenvalue weighted by molar-refractivity contribution is -0.125. The van der Waals surface area contributed by atoms with Crippen molar-refractivity contribution < 1.29 is 9.59 Å². The van der Waals surface area contributed by atoms with Gasteiger partial charge in [0, 0.05) is 24.5 Å². The van der Waals surface area contributed by atoms with Crippen LogP contribution in [0.4, 0.5) is 11.4 Å². The fourth-order valence-electron chi connectivity index (χ4n) is 2.69. The van der Waals surface area contributed by atoms with Crippen LogP contribution in [0.3, 0.4) is 0 Å². The molecule has 1 aliphatic heterocycles. The molecular weight excluding hydrogens is 324 g/mol. The maximum absolute atomic E-state index is 12.9. The van der Waals surface area contributed by atoms with Crippen molar-refractivity contribution in [2.45, 2.75) is 19.4 Å². The molecule has 2 amide bonds. The number of thiazole rings is 1. The van der Waals surface area contributed by atoms with Gasteiger partial charge < -0.3 is 5.32 Å². The molecule has 0 fully saturated rings. The fraction of sp³-hybridized carbons (Fsp3) is 0.353. The van der Waals surface area contributed by atoms with Crippen molar-refractivity contribution in [1.82, 2.24) is 9.88 Å². The summed E-state index contributed by atoms with van der Waals surface area (Å²) >= 11 is 1.62. The second-order valence-electron chi connectivity index (χ2n) is 5.82. The van der Waals surface area contributed by atoms with Crippen molar-refractivity contribution in [2.24, 2.45) is 0 Å². The first kappa shape index (κ1) is 16.6.